The van der Waals surface area contributed by atoms with Crippen molar-refractivity contribution in [3.8, 4) is 0 Å². The SMILES string of the molecule is Cc1ccc(NC(=O)[C@@H]2CC(=O)NC(Nc3cccc(C)c3)=N2)cc1. The van der Waals surface area contributed by atoms with Gasteiger partial charge in [0.05, 0.1) is 6.42 Å². The molecule has 0 aliphatic carbocycles. The predicted molar refractivity (Wildman–Crippen MR) is 98.6 cm³/mol. The summed E-state index contributed by atoms with van der Waals surface area (Å²) in [6, 6.07) is 14.4. The fourth-order valence-corrected chi connectivity index (χ4v) is 2.53. The maximum Gasteiger partial charge on any atom is 0.249 e. The van der Waals surface area contributed by atoms with Crippen molar-refractivity contribution in [2.24, 2.45) is 4.99 Å². The summed E-state index contributed by atoms with van der Waals surface area (Å²) in [5.74, 6) is -0.262. The maximum absolute atomic E-state index is 12.4. The lowest BCUT2D eigenvalue weighted by Gasteiger charge is -2.21. The number of aliphatic imine (C=N–C) groups is 1. The Kier molecular flexibility index (Phi) is 4.79. The number of anilines is 2. The molecule has 3 rings (SSSR count). The van der Waals surface area contributed by atoms with Gasteiger partial charge in [-0.1, -0.05) is 29.8 Å². The van der Waals surface area contributed by atoms with Crippen molar-refractivity contribution in [2.45, 2.75) is 26.3 Å². The zero-order valence-corrected chi connectivity index (χ0v) is 14.2. The Morgan fingerprint density at radius 1 is 1.08 bits per heavy atom. The smallest absolute Gasteiger partial charge is 0.249 e. The van der Waals surface area contributed by atoms with Crippen LogP contribution in [-0.4, -0.2) is 23.8 Å². The molecule has 0 bridgehead atoms. The third kappa shape index (κ3) is 4.44. The molecule has 25 heavy (non-hydrogen) atoms. The highest BCUT2D eigenvalue weighted by molar-refractivity contribution is 6.10. The summed E-state index contributed by atoms with van der Waals surface area (Å²) in [5, 5.41) is 8.51. The number of nitrogens with zero attached hydrogens (tertiary/aromatic N) is 1. The van der Waals surface area contributed by atoms with E-state index in [1.807, 2.05) is 62.4 Å². The average molecular weight is 336 g/mol. The standard InChI is InChI=1S/C19H20N4O2/c1-12-6-8-14(9-7-12)20-18(25)16-11-17(24)23-19(22-16)21-15-5-3-4-13(2)10-15/h3-10,16H,11H2,1-2H3,(H,20,25)(H2,21,22,23,24)/t16-/m0/s1. The van der Waals surface area contributed by atoms with Gasteiger partial charge in [0.2, 0.25) is 17.8 Å². The highest BCUT2D eigenvalue weighted by atomic mass is 16.2. The van der Waals surface area contributed by atoms with E-state index in [4.69, 9.17) is 0 Å². The molecule has 0 saturated carbocycles. The topological polar surface area (TPSA) is 82.6 Å². The van der Waals surface area contributed by atoms with Crippen LogP contribution < -0.4 is 16.0 Å². The normalized spacial score (nSPS) is 16.6. The van der Waals surface area contributed by atoms with Gasteiger partial charge in [-0.15, -0.1) is 0 Å². The van der Waals surface area contributed by atoms with Crippen LogP contribution in [0.3, 0.4) is 0 Å². The van der Waals surface area contributed by atoms with Crippen molar-refractivity contribution in [3.05, 3.63) is 59.7 Å². The summed E-state index contributed by atoms with van der Waals surface area (Å²) in [4.78, 5) is 28.7. The molecule has 1 aliphatic heterocycles. The second kappa shape index (κ2) is 7.17. The molecule has 0 unspecified atom stereocenters. The van der Waals surface area contributed by atoms with Gasteiger partial charge in [0.1, 0.15) is 6.04 Å². The van der Waals surface area contributed by atoms with Crippen molar-refractivity contribution in [2.75, 3.05) is 10.6 Å². The second-order valence-corrected chi connectivity index (χ2v) is 6.10. The van der Waals surface area contributed by atoms with E-state index in [-0.39, 0.29) is 24.2 Å². The molecule has 0 aromatic heterocycles. The summed E-state index contributed by atoms with van der Waals surface area (Å²) < 4.78 is 0. The first-order valence-electron chi connectivity index (χ1n) is 8.08. The largest absolute Gasteiger partial charge is 0.326 e. The zero-order chi connectivity index (χ0) is 17.8. The Morgan fingerprint density at radius 2 is 1.84 bits per heavy atom. The highest BCUT2D eigenvalue weighted by Crippen LogP contribution is 2.14. The first-order valence-corrected chi connectivity index (χ1v) is 8.08. The van der Waals surface area contributed by atoms with E-state index in [1.165, 1.54) is 0 Å². The van der Waals surface area contributed by atoms with Gasteiger partial charge in [-0.05, 0) is 43.7 Å². The molecule has 0 spiro atoms. The minimum absolute atomic E-state index is 0.0245. The van der Waals surface area contributed by atoms with E-state index in [1.54, 1.807) is 0 Å². The van der Waals surface area contributed by atoms with Crippen LogP contribution in [0.15, 0.2) is 53.5 Å². The number of guanidine groups is 1. The maximum atomic E-state index is 12.4. The molecule has 0 radical (unpaired) electrons. The number of carbonyl (C=O) groups excluding carboxylic acids is 2. The van der Waals surface area contributed by atoms with Gasteiger partial charge in [-0.2, -0.15) is 0 Å². The number of aryl methyl sites for hydroxylation is 2. The van der Waals surface area contributed by atoms with Crippen LogP contribution in [0.2, 0.25) is 0 Å². The minimum atomic E-state index is -0.762. The molecule has 2 aromatic carbocycles. The second-order valence-electron chi connectivity index (χ2n) is 6.10. The van der Waals surface area contributed by atoms with Crippen molar-refractivity contribution in [1.82, 2.24) is 5.32 Å². The molecule has 6 heteroatoms. The molecular formula is C19H20N4O2. The number of carbonyl (C=O) groups is 2. The molecule has 0 saturated heterocycles. The molecule has 0 fully saturated rings. The van der Waals surface area contributed by atoms with Gasteiger partial charge < -0.3 is 10.6 Å². The van der Waals surface area contributed by atoms with Crippen LogP contribution in [0.4, 0.5) is 11.4 Å². The van der Waals surface area contributed by atoms with E-state index in [0.29, 0.717) is 5.69 Å². The van der Waals surface area contributed by atoms with E-state index in [0.717, 1.165) is 16.8 Å². The number of nitrogens with one attached hydrogen (secondary N) is 3. The van der Waals surface area contributed by atoms with E-state index < -0.39 is 6.04 Å². The lowest BCUT2D eigenvalue weighted by atomic mass is 10.1. The fourth-order valence-electron chi connectivity index (χ4n) is 2.53. The molecule has 2 aromatic rings. The first-order chi connectivity index (χ1) is 12.0. The fraction of sp³-hybridized carbons (Fsp3) is 0.211. The first kappa shape index (κ1) is 16.7. The summed E-state index contributed by atoms with van der Waals surface area (Å²) in [5.41, 5.74) is 3.68. The van der Waals surface area contributed by atoms with Gasteiger partial charge in [-0.3, -0.25) is 14.9 Å². The lowest BCUT2D eigenvalue weighted by molar-refractivity contribution is -0.124. The van der Waals surface area contributed by atoms with Crippen molar-refractivity contribution < 1.29 is 9.59 Å². The highest BCUT2D eigenvalue weighted by Gasteiger charge is 2.27. The summed E-state index contributed by atoms with van der Waals surface area (Å²) in [6.45, 7) is 3.95. The van der Waals surface area contributed by atoms with Gasteiger partial charge in [0.25, 0.3) is 0 Å². The van der Waals surface area contributed by atoms with Crippen LogP contribution >= 0.6 is 0 Å². The Labute approximate surface area is 146 Å². The molecular weight excluding hydrogens is 316 g/mol. The van der Waals surface area contributed by atoms with Crippen LogP contribution in [0.5, 0.6) is 0 Å². The summed E-state index contributed by atoms with van der Waals surface area (Å²) >= 11 is 0. The number of benzene rings is 2. The van der Waals surface area contributed by atoms with Crippen LogP contribution in [0.1, 0.15) is 17.5 Å². The predicted octanol–water partition coefficient (Wildman–Crippen LogP) is 2.60. The number of hydrogen-bond donors (Lipinski definition) is 3. The number of hydrogen-bond acceptors (Lipinski definition) is 4. The molecule has 128 valence electrons. The monoisotopic (exact) mass is 336 g/mol. The number of amides is 2. The van der Waals surface area contributed by atoms with Crippen molar-refractivity contribution >= 4 is 29.1 Å². The van der Waals surface area contributed by atoms with Crippen molar-refractivity contribution in [3.63, 3.8) is 0 Å². The molecule has 3 N–H and O–H groups in total. The molecule has 1 aliphatic rings. The third-order valence-electron chi connectivity index (χ3n) is 3.82. The quantitative estimate of drug-likeness (QED) is 0.806. The minimum Gasteiger partial charge on any atom is -0.326 e. The van der Waals surface area contributed by atoms with Crippen LogP contribution in [0.25, 0.3) is 0 Å². The Morgan fingerprint density at radius 3 is 2.56 bits per heavy atom. The van der Waals surface area contributed by atoms with Crippen LogP contribution in [-0.2, 0) is 9.59 Å². The van der Waals surface area contributed by atoms with E-state index in [9.17, 15) is 9.59 Å². The van der Waals surface area contributed by atoms with E-state index >= 15 is 0 Å². The van der Waals surface area contributed by atoms with Gasteiger partial charge in [0.15, 0.2) is 0 Å². The third-order valence-corrected chi connectivity index (χ3v) is 3.82. The van der Waals surface area contributed by atoms with Gasteiger partial charge >= 0.3 is 0 Å². The lowest BCUT2D eigenvalue weighted by Crippen LogP contribution is -2.45. The zero-order valence-electron chi connectivity index (χ0n) is 14.2. The molecule has 1 heterocycles. The van der Waals surface area contributed by atoms with Crippen LogP contribution in [0, 0.1) is 13.8 Å². The molecule has 1 atom stereocenters. The van der Waals surface area contributed by atoms with Gasteiger partial charge in [0, 0.05) is 11.4 Å². The Balaban J connectivity index is 1.72. The van der Waals surface area contributed by atoms with Crippen molar-refractivity contribution in [1.29, 1.82) is 0 Å². The average Bonchev–Trinajstić information content (AvgIpc) is 2.56. The summed E-state index contributed by atoms with van der Waals surface area (Å²) in [6.07, 6.45) is 0.0245. The summed E-state index contributed by atoms with van der Waals surface area (Å²) in [7, 11) is 0. The Bertz CT molecular complexity index is 828. The van der Waals surface area contributed by atoms with E-state index in [2.05, 4.69) is 20.9 Å². The molecule has 6 nitrogen and oxygen atoms in total. The Hall–Kier alpha value is -3.15. The van der Waals surface area contributed by atoms with Gasteiger partial charge in [-0.25, -0.2) is 4.99 Å². The number of rotatable bonds is 3. The molecule has 2 amide bonds.